The molecule has 2 fully saturated rings. The van der Waals surface area contributed by atoms with Gasteiger partial charge in [0.05, 0.1) is 22.1 Å². The van der Waals surface area contributed by atoms with Crippen LogP contribution in [0.2, 0.25) is 0 Å². The van der Waals surface area contributed by atoms with Gasteiger partial charge in [-0.15, -0.1) is 11.3 Å². The van der Waals surface area contributed by atoms with Crippen LogP contribution in [0, 0.1) is 25.7 Å². The number of pyridine rings is 1. The van der Waals surface area contributed by atoms with Crippen molar-refractivity contribution in [1.82, 2.24) is 24.6 Å². The average molecular weight is 552 g/mol. The highest BCUT2D eigenvalue weighted by Crippen LogP contribution is 2.50. The van der Waals surface area contributed by atoms with E-state index in [-0.39, 0.29) is 43.6 Å². The number of hydrogen-bond donors (Lipinski definition) is 1. The van der Waals surface area contributed by atoms with Gasteiger partial charge in [0.25, 0.3) is 5.91 Å². The van der Waals surface area contributed by atoms with E-state index in [9.17, 15) is 18.4 Å². The Kier molecular flexibility index (Phi) is 6.33. The van der Waals surface area contributed by atoms with Gasteiger partial charge < -0.3 is 15.0 Å². The summed E-state index contributed by atoms with van der Waals surface area (Å²) in [6.07, 6.45) is 1.81. The molecule has 0 unspecified atom stereocenters. The second kappa shape index (κ2) is 9.71. The summed E-state index contributed by atoms with van der Waals surface area (Å²) in [7, 11) is 0. The molecule has 202 valence electrons. The second-order valence-electron chi connectivity index (χ2n) is 10.3. The van der Waals surface area contributed by atoms with Gasteiger partial charge in [0.1, 0.15) is 11.3 Å². The highest BCUT2D eigenvalue weighted by Gasteiger charge is 2.56. The molecule has 1 aliphatic heterocycles. The number of thiazole rings is 1. The average Bonchev–Trinajstić information content (AvgIpc) is 3.64. The molecule has 2 amide bonds. The van der Waals surface area contributed by atoms with Crippen LogP contribution in [0.15, 0.2) is 54.9 Å². The number of carbonyl (C=O) groups is 2. The van der Waals surface area contributed by atoms with Crippen molar-refractivity contribution in [3.63, 3.8) is 0 Å². The molecule has 4 heterocycles. The molecule has 6 rings (SSSR count). The predicted octanol–water partition coefficient (Wildman–Crippen LogP) is 5.35. The maximum absolute atomic E-state index is 14.4. The molecule has 1 N–H and O–H groups in total. The minimum absolute atomic E-state index is 0.0124. The van der Waals surface area contributed by atoms with Gasteiger partial charge in [-0.3, -0.25) is 9.20 Å². The Morgan fingerprint density at radius 2 is 2.03 bits per heavy atom. The fourth-order valence-corrected chi connectivity index (χ4v) is 6.79. The van der Waals surface area contributed by atoms with Crippen LogP contribution in [0.4, 0.5) is 13.6 Å². The number of ether oxygens (including phenoxy) is 1. The first-order valence-electron chi connectivity index (χ1n) is 12.8. The van der Waals surface area contributed by atoms with E-state index in [1.807, 2.05) is 44.2 Å². The lowest BCUT2D eigenvalue weighted by Gasteiger charge is -2.28. The smallest absolute Gasteiger partial charge is 0.391 e. The highest BCUT2D eigenvalue weighted by atomic mass is 32.1. The molecule has 1 aromatic carbocycles. The molecule has 2 aliphatic rings. The van der Waals surface area contributed by atoms with Crippen molar-refractivity contribution in [2.45, 2.75) is 38.7 Å². The summed E-state index contributed by atoms with van der Waals surface area (Å²) in [6.45, 7) is 4.00. The number of carbonyl (C=O) groups excluding carboxylic acids is 2. The lowest BCUT2D eigenvalue weighted by atomic mass is 9.94. The molecule has 1 saturated carbocycles. The molecule has 0 radical (unpaired) electrons. The van der Waals surface area contributed by atoms with Gasteiger partial charge in [-0.05, 0) is 43.4 Å². The van der Waals surface area contributed by atoms with Crippen molar-refractivity contribution in [3.8, 4) is 16.3 Å². The second-order valence-corrected chi connectivity index (χ2v) is 11.5. The fourth-order valence-electron chi connectivity index (χ4n) is 5.89. The largest absolute Gasteiger partial charge is 0.414 e. The Hall–Kier alpha value is -3.86. The van der Waals surface area contributed by atoms with Crippen LogP contribution < -0.4 is 10.1 Å². The third-order valence-electron chi connectivity index (χ3n) is 7.54. The summed E-state index contributed by atoms with van der Waals surface area (Å²) in [5.74, 6) is -3.66. The van der Waals surface area contributed by atoms with Crippen molar-refractivity contribution in [2.75, 3.05) is 13.1 Å². The Morgan fingerprint density at radius 1 is 1.18 bits per heavy atom. The summed E-state index contributed by atoms with van der Waals surface area (Å²) in [6, 6.07) is 12.6. The van der Waals surface area contributed by atoms with E-state index in [2.05, 4.69) is 15.3 Å². The van der Waals surface area contributed by atoms with Crippen molar-refractivity contribution in [1.29, 1.82) is 0 Å². The van der Waals surface area contributed by atoms with Gasteiger partial charge in [-0.1, -0.05) is 35.9 Å². The van der Waals surface area contributed by atoms with Crippen molar-refractivity contribution >= 4 is 29.0 Å². The number of nitrogens with zero attached hydrogens (tertiary/aromatic N) is 4. The van der Waals surface area contributed by atoms with E-state index in [1.165, 1.54) is 17.5 Å². The standard InChI is InChI=1S/C28H27F2N5O3S/c1-16-6-5-7-18(10-16)25-24(33-17(2)39-25)26(36)35-15-19-11-28(29,30)12-20(19)21(35)13-32-27(37)38-23-14-31-22-8-3-4-9-34(22)23/h3-10,14,19-21H,11-13,15H2,1-2H3,(H,32,37)/t19-,20-,21+/m0/s1. The normalized spacial score (nSPS) is 21.7. The van der Waals surface area contributed by atoms with Gasteiger partial charge in [0.15, 0.2) is 0 Å². The third-order valence-corrected chi connectivity index (χ3v) is 8.56. The first-order valence-corrected chi connectivity index (χ1v) is 13.6. The van der Waals surface area contributed by atoms with Crippen molar-refractivity contribution < 1.29 is 23.1 Å². The molecule has 4 aromatic rings. The zero-order chi connectivity index (χ0) is 27.3. The van der Waals surface area contributed by atoms with Crippen molar-refractivity contribution in [3.05, 3.63) is 71.1 Å². The van der Waals surface area contributed by atoms with Crippen LogP contribution >= 0.6 is 11.3 Å². The molecule has 1 aliphatic carbocycles. The van der Waals surface area contributed by atoms with Gasteiger partial charge in [0, 0.05) is 32.1 Å². The monoisotopic (exact) mass is 551 g/mol. The summed E-state index contributed by atoms with van der Waals surface area (Å²) in [4.78, 5) is 37.7. The molecule has 39 heavy (non-hydrogen) atoms. The number of hydrogen-bond acceptors (Lipinski definition) is 6. The van der Waals surface area contributed by atoms with Gasteiger partial charge >= 0.3 is 6.09 Å². The third kappa shape index (κ3) is 4.87. The van der Waals surface area contributed by atoms with Crippen LogP contribution in [-0.4, -0.2) is 56.3 Å². The Bertz CT molecular complexity index is 1570. The molecule has 11 heteroatoms. The number of nitrogens with one attached hydrogen (secondary N) is 1. The zero-order valence-electron chi connectivity index (χ0n) is 21.4. The summed E-state index contributed by atoms with van der Waals surface area (Å²) >= 11 is 1.43. The molecule has 1 saturated heterocycles. The number of fused-ring (bicyclic) bond motifs is 2. The predicted molar refractivity (Wildman–Crippen MR) is 142 cm³/mol. The van der Waals surface area contributed by atoms with E-state index in [0.717, 1.165) is 21.0 Å². The van der Waals surface area contributed by atoms with E-state index in [1.54, 1.807) is 27.6 Å². The maximum atomic E-state index is 14.4. The number of imidazole rings is 1. The zero-order valence-corrected chi connectivity index (χ0v) is 22.3. The first-order chi connectivity index (χ1) is 18.7. The number of benzene rings is 1. The van der Waals surface area contributed by atoms with Crippen LogP contribution in [0.1, 0.15) is 33.9 Å². The number of alkyl halides is 2. The number of rotatable bonds is 5. The first kappa shape index (κ1) is 25.4. The van der Waals surface area contributed by atoms with E-state index < -0.39 is 24.0 Å². The number of amides is 2. The Morgan fingerprint density at radius 3 is 2.85 bits per heavy atom. The lowest BCUT2D eigenvalue weighted by molar-refractivity contribution is -0.00608. The Labute approximate surface area is 227 Å². The van der Waals surface area contributed by atoms with E-state index >= 15 is 0 Å². The number of likely N-dealkylation sites (tertiary alicyclic amines) is 1. The molecular formula is C28H27F2N5O3S. The summed E-state index contributed by atoms with van der Waals surface area (Å²) in [5, 5.41) is 3.45. The lowest BCUT2D eigenvalue weighted by Crippen LogP contribution is -2.47. The van der Waals surface area contributed by atoms with E-state index in [4.69, 9.17) is 4.74 Å². The minimum Gasteiger partial charge on any atom is -0.391 e. The Balaban J connectivity index is 1.24. The number of aromatic nitrogens is 3. The summed E-state index contributed by atoms with van der Waals surface area (Å²) in [5.41, 5.74) is 2.88. The molecular weight excluding hydrogens is 524 g/mol. The SMILES string of the molecule is Cc1cccc(-c2sc(C)nc2C(=O)N2C[C@@H]3CC(F)(F)C[C@@H]3[C@H]2CNC(=O)Oc2cnc3ccccn23)c1. The van der Waals surface area contributed by atoms with Crippen molar-refractivity contribution in [2.24, 2.45) is 11.8 Å². The van der Waals surface area contributed by atoms with Crippen LogP contribution in [0.25, 0.3) is 16.1 Å². The molecule has 8 nitrogen and oxygen atoms in total. The van der Waals surface area contributed by atoms with E-state index in [0.29, 0.717) is 11.3 Å². The molecule has 0 spiro atoms. The number of halogens is 2. The number of aryl methyl sites for hydroxylation is 2. The fraction of sp³-hybridized carbons (Fsp3) is 0.357. The van der Waals surface area contributed by atoms with Gasteiger partial charge in [-0.2, -0.15) is 0 Å². The van der Waals surface area contributed by atoms with Crippen LogP contribution in [0.3, 0.4) is 0 Å². The maximum Gasteiger partial charge on any atom is 0.414 e. The molecule has 0 bridgehead atoms. The molecule has 3 aromatic heterocycles. The van der Waals surface area contributed by atoms with Crippen LogP contribution in [0.5, 0.6) is 5.88 Å². The van der Waals surface area contributed by atoms with Gasteiger partial charge in [0.2, 0.25) is 11.8 Å². The van der Waals surface area contributed by atoms with Gasteiger partial charge in [-0.25, -0.2) is 23.5 Å². The summed E-state index contributed by atoms with van der Waals surface area (Å²) < 4.78 is 35.8. The van der Waals surface area contributed by atoms with Crippen LogP contribution in [-0.2, 0) is 0 Å². The minimum atomic E-state index is -2.79. The highest BCUT2D eigenvalue weighted by molar-refractivity contribution is 7.15. The molecule has 3 atom stereocenters. The topological polar surface area (TPSA) is 88.8 Å². The quantitative estimate of drug-likeness (QED) is 0.361.